The first-order valence-electron chi connectivity index (χ1n) is 9.67. The second-order valence-corrected chi connectivity index (χ2v) is 7.13. The van der Waals surface area contributed by atoms with Crippen LogP contribution in [0.4, 0.5) is 13.6 Å². The zero-order valence-corrected chi connectivity index (χ0v) is 15.8. The molecule has 0 unspecified atom stereocenters. The van der Waals surface area contributed by atoms with Gasteiger partial charge in [0.1, 0.15) is 12.4 Å². The average molecular weight is 388 g/mol. The fraction of sp³-hybridized carbons (Fsp3) is 0.409. The van der Waals surface area contributed by atoms with Crippen molar-refractivity contribution in [2.45, 2.75) is 32.2 Å². The van der Waals surface area contributed by atoms with Gasteiger partial charge in [0.25, 0.3) is 6.43 Å². The lowest BCUT2D eigenvalue weighted by Crippen LogP contribution is -2.44. The van der Waals surface area contributed by atoms with Gasteiger partial charge in [0.05, 0.1) is 0 Å². The molecule has 0 aliphatic carbocycles. The minimum Gasteiger partial charge on any atom is -0.488 e. The number of halogens is 2. The molecule has 0 aromatic heterocycles. The van der Waals surface area contributed by atoms with Crippen molar-refractivity contribution in [1.29, 1.82) is 0 Å². The number of urea groups is 1. The average Bonchev–Trinajstić information content (AvgIpc) is 2.72. The quantitative estimate of drug-likeness (QED) is 0.759. The molecule has 0 radical (unpaired) electrons. The maximum Gasteiger partial charge on any atom is 0.317 e. The molecule has 0 spiro atoms. The molecule has 1 saturated heterocycles. The Bertz CT molecular complexity index is 747. The number of rotatable bonds is 7. The summed E-state index contributed by atoms with van der Waals surface area (Å²) in [6.45, 7) is 1.21. The number of hydrogen-bond donors (Lipinski definition) is 1. The fourth-order valence-corrected chi connectivity index (χ4v) is 3.48. The highest BCUT2D eigenvalue weighted by molar-refractivity contribution is 5.74. The Morgan fingerprint density at radius 2 is 1.79 bits per heavy atom. The molecule has 1 heterocycles. The van der Waals surface area contributed by atoms with E-state index in [1.54, 1.807) is 18.2 Å². The van der Waals surface area contributed by atoms with E-state index in [9.17, 15) is 13.6 Å². The van der Waals surface area contributed by atoms with E-state index in [0.29, 0.717) is 18.2 Å². The van der Waals surface area contributed by atoms with Crippen molar-refractivity contribution in [1.82, 2.24) is 10.2 Å². The molecule has 2 aromatic carbocycles. The second-order valence-electron chi connectivity index (χ2n) is 7.13. The molecule has 1 aliphatic rings. The van der Waals surface area contributed by atoms with Gasteiger partial charge in [-0.3, -0.25) is 0 Å². The molecule has 0 bridgehead atoms. The Kier molecular flexibility index (Phi) is 7.23. The largest absolute Gasteiger partial charge is 0.488 e. The summed E-state index contributed by atoms with van der Waals surface area (Å²) in [6.07, 6.45) is 0.549. The third-order valence-corrected chi connectivity index (χ3v) is 4.99. The van der Waals surface area contributed by atoms with Gasteiger partial charge >= 0.3 is 6.03 Å². The van der Waals surface area contributed by atoms with Crippen LogP contribution in [0.5, 0.6) is 5.75 Å². The molecule has 1 aliphatic heterocycles. The number of benzene rings is 2. The minimum absolute atomic E-state index is 0.0861. The van der Waals surface area contributed by atoms with E-state index >= 15 is 0 Å². The number of alkyl halides is 2. The number of carbonyl (C=O) groups excluding carboxylic acids is 1. The van der Waals surface area contributed by atoms with Gasteiger partial charge in [-0.05, 0) is 48.4 Å². The number of nitrogens with zero attached hydrogens (tertiary/aromatic N) is 1. The van der Waals surface area contributed by atoms with E-state index in [-0.39, 0.29) is 6.03 Å². The van der Waals surface area contributed by atoms with Crippen LogP contribution in [0.25, 0.3) is 0 Å². The molecule has 1 fully saturated rings. The van der Waals surface area contributed by atoms with Gasteiger partial charge in [-0.25, -0.2) is 13.6 Å². The number of carbonyl (C=O) groups is 1. The summed E-state index contributed by atoms with van der Waals surface area (Å²) in [5.41, 5.74) is 2.17. The predicted molar refractivity (Wildman–Crippen MR) is 105 cm³/mol. The van der Waals surface area contributed by atoms with Crippen LogP contribution in [0, 0.1) is 5.92 Å². The van der Waals surface area contributed by atoms with Crippen LogP contribution >= 0.6 is 0 Å². The van der Waals surface area contributed by atoms with Gasteiger partial charge in [-0.2, -0.15) is 0 Å². The Labute approximate surface area is 164 Å². The highest BCUT2D eigenvalue weighted by Gasteiger charge is 2.22. The third kappa shape index (κ3) is 6.22. The van der Waals surface area contributed by atoms with Crippen LogP contribution < -0.4 is 10.1 Å². The van der Waals surface area contributed by atoms with E-state index in [1.165, 1.54) is 5.56 Å². The summed E-state index contributed by atoms with van der Waals surface area (Å²) in [5, 5.41) is 2.91. The van der Waals surface area contributed by atoms with E-state index in [2.05, 4.69) is 29.6 Å². The Balaban J connectivity index is 1.41. The Morgan fingerprint density at radius 3 is 2.50 bits per heavy atom. The topological polar surface area (TPSA) is 41.6 Å². The summed E-state index contributed by atoms with van der Waals surface area (Å²) in [6, 6.07) is 17.2. The summed E-state index contributed by atoms with van der Waals surface area (Å²) in [4.78, 5) is 14.3. The summed E-state index contributed by atoms with van der Waals surface area (Å²) >= 11 is 0. The maximum atomic E-state index is 12.4. The van der Waals surface area contributed by atoms with Crippen molar-refractivity contribution in [2.75, 3.05) is 19.7 Å². The van der Waals surface area contributed by atoms with Gasteiger partial charge in [-0.1, -0.05) is 42.5 Å². The highest BCUT2D eigenvalue weighted by atomic mass is 19.3. The van der Waals surface area contributed by atoms with Crippen molar-refractivity contribution >= 4 is 6.03 Å². The van der Waals surface area contributed by atoms with Gasteiger partial charge in [0.15, 0.2) is 0 Å². The fourth-order valence-electron chi connectivity index (χ4n) is 3.48. The van der Waals surface area contributed by atoms with Crippen LogP contribution in [0.2, 0.25) is 0 Å². The normalized spacial score (nSPS) is 14.9. The smallest absolute Gasteiger partial charge is 0.317 e. The van der Waals surface area contributed by atoms with Crippen LogP contribution in [0.3, 0.4) is 0 Å². The summed E-state index contributed by atoms with van der Waals surface area (Å²) in [5.74, 6) is 0.990. The summed E-state index contributed by atoms with van der Waals surface area (Å²) < 4.78 is 29.5. The van der Waals surface area contributed by atoms with E-state index in [4.69, 9.17) is 4.74 Å². The first-order valence-corrected chi connectivity index (χ1v) is 9.67. The lowest BCUT2D eigenvalue weighted by Gasteiger charge is -2.32. The molecule has 3 rings (SSSR count). The van der Waals surface area contributed by atoms with Crippen LogP contribution in [-0.4, -0.2) is 37.1 Å². The SMILES string of the molecule is O=C(NCc1cccc(OCC(F)F)c1)N1CCC(Cc2ccccc2)CC1. The van der Waals surface area contributed by atoms with Crippen molar-refractivity contribution in [3.63, 3.8) is 0 Å². The molecule has 0 saturated carbocycles. The standard InChI is InChI=1S/C22H26F2N2O2/c23-21(24)16-28-20-8-4-7-19(14-20)15-25-22(27)26-11-9-18(10-12-26)13-17-5-2-1-3-6-17/h1-8,14,18,21H,9-13,15-16H2,(H,25,27). The molecular weight excluding hydrogens is 362 g/mol. The van der Waals surface area contributed by atoms with Crippen molar-refractivity contribution in [3.05, 3.63) is 65.7 Å². The van der Waals surface area contributed by atoms with Crippen molar-refractivity contribution in [2.24, 2.45) is 5.92 Å². The van der Waals surface area contributed by atoms with E-state index < -0.39 is 13.0 Å². The van der Waals surface area contributed by atoms with Gasteiger partial charge in [0, 0.05) is 19.6 Å². The molecular formula is C22H26F2N2O2. The molecule has 150 valence electrons. The second kappa shape index (κ2) is 10.1. The van der Waals surface area contributed by atoms with Crippen LogP contribution in [0.1, 0.15) is 24.0 Å². The Hall–Kier alpha value is -2.63. The van der Waals surface area contributed by atoms with Crippen LogP contribution in [0.15, 0.2) is 54.6 Å². The Morgan fingerprint density at radius 1 is 1.07 bits per heavy atom. The number of likely N-dealkylation sites (tertiary alicyclic amines) is 1. The maximum absolute atomic E-state index is 12.4. The number of piperidine rings is 1. The number of hydrogen-bond acceptors (Lipinski definition) is 2. The number of nitrogens with one attached hydrogen (secondary N) is 1. The zero-order valence-electron chi connectivity index (χ0n) is 15.8. The predicted octanol–water partition coefficient (Wildman–Crippen LogP) is 4.49. The first kappa shape index (κ1) is 20.1. The molecule has 2 amide bonds. The lowest BCUT2D eigenvalue weighted by atomic mass is 9.90. The molecule has 0 atom stereocenters. The molecule has 1 N–H and O–H groups in total. The van der Waals surface area contributed by atoms with Gasteiger partial charge in [0.2, 0.25) is 0 Å². The van der Waals surface area contributed by atoms with E-state index in [0.717, 1.165) is 37.9 Å². The third-order valence-electron chi connectivity index (χ3n) is 4.99. The van der Waals surface area contributed by atoms with Crippen molar-refractivity contribution in [3.8, 4) is 5.75 Å². The zero-order chi connectivity index (χ0) is 19.8. The molecule has 28 heavy (non-hydrogen) atoms. The van der Waals surface area contributed by atoms with Gasteiger partial charge < -0.3 is 15.0 Å². The first-order chi connectivity index (χ1) is 13.6. The lowest BCUT2D eigenvalue weighted by molar-refractivity contribution is 0.0818. The van der Waals surface area contributed by atoms with Gasteiger partial charge in [-0.15, -0.1) is 0 Å². The van der Waals surface area contributed by atoms with Crippen LogP contribution in [-0.2, 0) is 13.0 Å². The summed E-state index contributed by atoms with van der Waals surface area (Å²) in [7, 11) is 0. The highest BCUT2D eigenvalue weighted by Crippen LogP contribution is 2.22. The van der Waals surface area contributed by atoms with Crippen molar-refractivity contribution < 1.29 is 18.3 Å². The number of amides is 2. The van der Waals surface area contributed by atoms with E-state index in [1.807, 2.05) is 17.0 Å². The number of ether oxygens (including phenoxy) is 1. The molecule has 4 nitrogen and oxygen atoms in total. The minimum atomic E-state index is -2.51. The monoisotopic (exact) mass is 388 g/mol. The molecule has 2 aromatic rings. The molecule has 6 heteroatoms.